The predicted molar refractivity (Wildman–Crippen MR) is 73.9 cm³/mol. The first-order valence-corrected chi connectivity index (χ1v) is 6.00. The van der Waals surface area contributed by atoms with Crippen LogP contribution in [0.2, 0.25) is 0 Å². The zero-order valence-corrected chi connectivity index (χ0v) is 10.8. The van der Waals surface area contributed by atoms with Crippen LogP contribution in [-0.2, 0) is 0 Å². The highest BCUT2D eigenvalue weighted by atomic mass is 16.1. The van der Waals surface area contributed by atoms with E-state index >= 15 is 0 Å². The maximum atomic E-state index is 12.0. The maximum absolute atomic E-state index is 12.0. The Balaban J connectivity index is 2.50. The normalized spacial score (nSPS) is 10.7. The summed E-state index contributed by atoms with van der Waals surface area (Å²) in [5.41, 5.74) is 0.437. The van der Waals surface area contributed by atoms with Crippen LogP contribution in [0.25, 0.3) is 10.8 Å². The van der Waals surface area contributed by atoms with Crippen molar-refractivity contribution in [1.29, 1.82) is 0 Å². The standard InChI is InChI=1S/C14H17N3O/c1-9(2)16-14(18)12-8-10-6-4-5-7-11(10)13(15-3)17-12/h4-9H,1-3H3,(H,15,17)(H,16,18). The Morgan fingerprint density at radius 1 is 1.28 bits per heavy atom. The third-order valence-electron chi connectivity index (χ3n) is 2.63. The number of amides is 1. The quantitative estimate of drug-likeness (QED) is 0.870. The monoisotopic (exact) mass is 243 g/mol. The lowest BCUT2D eigenvalue weighted by atomic mass is 10.1. The number of fused-ring (bicyclic) bond motifs is 1. The SMILES string of the molecule is CNc1nc(C(=O)NC(C)C)cc2ccccc12. The van der Waals surface area contributed by atoms with Gasteiger partial charge in [0.1, 0.15) is 11.5 Å². The number of pyridine rings is 1. The Morgan fingerprint density at radius 3 is 2.67 bits per heavy atom. The zero-order valence-electron chi connectivity index (χ0n) is 10.8. The lowest BCUT2D eigenvalue weighted by Gasteiger charge is -2.11. The lowest BCUT2D eigenvalue weighted by Crippen LogP contribution is -2.30. The van der Waals surface area contributed by atoms with Gasteiger partial charge >= 0.3 is 0 Å². The molecule has 0 spiro atoms. The van der Waals surface area contributed by atoms with Crippen molar-refractivity contribution in [3.8, 4) is 0 Å². The Labute approximate surface area is 106 Å². The van der Waals surface area contributed by atoms with Gasteiger partial charge in [-0.05, 0) is 25.3 Å². The summed E-state index contributed by atoms with van der Waals surface area (Å²) in [6.07, 6.45) is 0. The van der Waals surface area contributed by atoms with E-state index in [0.29, 0.717) is 5.69 Å². The second kappa shape index (κ2) is 5.04. The highest BCUT2D eigenvalue weighted by molar-refractivity contribution is 6.00. The van der Waals surface area contributed by atoms with Crippen LogP contribution in [0.1, 0.15) is 24.3 Å². The predicted octanol–water partition coefficient (Wildman–Crippen LogP) is 2.41. The van der Waals surface area contributed by atoms with E-state index in [0.717, 1.165) is 16.6 Å². The molecule has 0 saturated heterocycles. The van der Waals surface area contributed by atoms with Gasteiger partial charge in [-0.15, -0.1) is 0 Å². The summed E-state index contributed by atoms with van der Waals surface area (Å²) in [7, 11) is 1.80. The number of anilines is 1. The van der Waals surface area contributed by atoms with E-state index < -0.39 is 0 Å². The van der Waals surface area contributed by atoms with Gasteiger partial charge in [-0.2, -0.15) is 0 Å². The molecule has 1 aromatic carbocycles. The van der Waals surface area contributed by atoms with E-state index in [2.05, 4.69) is 15.6 Å². The Morgan fingerprint density at radius 2 is 2.00 bits per heavy atom. The molecule has 0 aliphatic carbocycles. The van der Waals surface area contributed by atoms with Crippen LogP contribution in [0.4, 0.5) is 5.82 Å². The molecule has 1 amide bonds. The van der Waals surface area contributed by atoms with Crippen LogP contribution < -0.4 is 10.6 Å². The van der Waals surface area contributed by atoms with Crippen molar-refractivity contribution < 1.29 is 4.79 Å². The summed E-state index contributed by atoms with van der Waals surface area (Å²) in [6.45, 7) is 3.86. The van der Waals surface area contributed by atoms with E-state index in [1.807, 2.05) is 44.2 Å². The third kappa shape index (κ3) is 2.42. The molecule has 0 bridgehead atoms. The van der Waals surface area contributed by atoms with Crippen LogP contribution in [0.5, 0.6) is 0 Å². The molecule has 0 aliphatic heterocycles. The summed E-state index contributed by atoms with van der Waals surface area (Å²) in [4.78, 5) is 16.3. The highest BCUT2D eigenvalue weighted by Crippen LogP contribution is 2.22. The molecule has 0 atom stereocenters. The molecule has 0 radical (unpaired) electrons. The average Bonchev–Trinajstić information content (AvgIpc) is 2.36. The topological polar surface area (TPSA) is 54.0 Å². The van der Waals surface area contributed by atoms with Gasteiger partial charge in [0.25, 0.3) is 5.91 Å². The van der Waals surface area contributed by atoms with E-state index in [1.165, 1.54) is 0 Å². The van der Waals surface area contributed by atoms with Gasteiger partial charge in [0.05, 0.1) is 0 Å². The van der Waals surface area contributed by atoms with Crippen molar-refractivity contribution >= 4 is 22.5 Å². The number of hydrogen-bond donors (Lipinski definition) is 2. The molecule has 4 heteroatoms. The number of nitrogens with one attached hydrogen (secondary N) is 2. The summed E-state index contributed by atoms with van der Waals surface area (Å²) >= 11 is 0. The zero-order chi connectivity index (χ0) is 13.1. The molecule has 0 aliphatic rings. The molecule has 1 heterocycles. The van der Waals surface area contributed by atoms with Crippen LogP contribution >= 0.6 is 0 Å². The first kappa shape index (κ1) is 12.4. The molecule has 2 N–H and O–H groups in total. The van der Waals surface area contributed by atoms with Crippen LogP contribution in [-0.4, -0.2) is 24.0 Å². The van der Waals surface area contributed by atoms with Gasteiger partial charge in [-0.3, -0.25) is 4.79 Å². The van der Waals surface area contributed by atoms with Gasteiger partial charge in [0.2, 0.25) is 0 Å². The van der Waals surface area contributed by atoms with Gasteiger partial charge in [-0.25, -0.2) is 4.98 Å². The van der Waals surface area contributed by atoms with Crippen molar-refractivity contribution in [3.05, 3.63) is 36.0 Å². The number of nitrogens with zero attached hydrogens (tertiary/aromatic N) is 1. The molecule has 0 fully saturated rings. The summed E-state index contributed by atoms with van der Waals surface area (Å²) < 4.78 is 0. The van der Waals surface area contributed by atoms with Crippen molar-refractivity contribution in [1.82, 2.24) is 10.3 Å². The number of rotatable bonds is 3. The number of benzene rings is 1. The van der Waals surface area contributed by atoms with E-state index in [9.17, 15) is 4.79 Å². The summed E-state index contributed by atoms with van der Waals surface area (Å²) in [6, 6.07) is 9.78. The number of aromatic nitrogens is 1. The largest absolute Gasteiger partial charge is 0.373 e. The van der Waals surface area contributed by atoms with Crippen LogP contribution in [0.3, 0.4) is 0 Å². The van der Waals surface area contributed by atoms with Gasteiger partial charge in [0.15, 0.2) is 0 Å². The minimum Gasteiger partial charge on any atom is -0.373 e. The smallest absolute Gasteiger partial charge is 0.270 e. The van der Waals surface area contributed by atoms with Crippen molar-refractivity contribution in [2.75, 3.05) is 12.4 Å². The Bertz CT molecular complexity index is 578. The van der Waals surface area contributed by atoms with Gasteiger partial charge in [-0.1, -0.05) is 24.3 Å². The number of carbonyl (C=O) groups excluding carboxylic acids is 1. The molecule has 4 nitrogen and oxygen atoms in total. The maximum Gasteiger partial charge on any atom is 0.270 e. The fourth-order valence-electron chi connectivity index (χ4n) is 1.84. The second-order valence-electron chi connectivity index (χ2n) is 4.46. The first-order valence-electron chi connectivity index (χ1n) is 6.00. The summed E-state index contributed by atoms with van der Waals surface area (Å²) in [5, 5.41) is 7.89. The van der Waals surface area contributed by atoms with Crippen molar-refractivity contribution in [3.63, 3.8) is 0 Å². The Kier molecular flexibility index (Phi) is 3.46. The molecule has 94 valence electrons. The number of hydrogen-bond acceptors (Lipinski definition) is 3. The van der Waals surface area contributed by atoms with Gasteiger partial charge < -0.3 is 10.6 Å². The molecule has 2 rings (SSSR count). The second-order valence-corrected chi connectivity index (χ2v) is 4.46. The van der Waals surface area contributed by atoms with Crippen molar-refractivity contribution in [2.45, 2.75) is 19.9 Å². The van der Waals surface area contributed by atoms with Gasteiger partial charge in [0, 0.05) is 18.5 Å². The van der Waals surface area contributed by atoms with E-state index in [-0.39, 0.29) is 11.9 Å². The molecule has 2 aromatic rings. The molecule has 0 unspecified atom stereocenters. The Hall–Kier alpha value is -2.10. The number of carbonyl (C=O) groups is 1. The fraction of sp³-hybridized carbons (Fsp3) is 0.286. The van der Waals surface area contributed by atoms with Crippen molar-refractivity contribution in [2.24, 2.45) is 0 Å². The minimum absolute atomic E-state index is 0.101. The summed E-state index contributed by atoms with van der Waals surface area (Å²) in [5.74, 6) is 0.578. The highest BCUT2D eigenvalue weighted by Gasteiger charge is 2.11. The minimum atomic E-state index is -0.146. The third-order valence-corrected chi connectivity index (χ3v) is 2.63. The molecule has 0 saturated carbocycles. The fourth-order valence-corrected chi connectivity index (χ4v) is 1.84. The molecular formula is C14H17N3O. The average molecular weight is 243 g/mol. The van der Waals surface area contributed by atoms with E-state index in [1.54, 1.807) is 7.05 Å². The molecule has 1 aromatic heterocycles. The molecule has 18 heavy (non-hydrogen) atoms. The van der Waals surface area contributed by atoms with Crippen LogP contribution in [0.15, 0.2) is 30.3 Å². The lowest BCUT2D eigenvalue weighted by molar-refractivity contribution is 0.0938. The first-order chi connectivity index (χ1) is 8.61. The molecular weight excluding hydrogens is 226 g/mol. The van der Waals surface area contributed by atoms with E-state index in [4.69, 9.17) is 0 Å². The van der Waals surface area contributed by atoms with Crippen LogP contribution in [0, 0.1) is 0 Å².